The van der Waals surface area contributed by atoms with Crippen molar-refractivity contribution in [1.82, 2.24) is 5.43 Å². The second-order valence-corrected chi connectivity index (χ2v) is 4.78. The van der Waals surface area contributed by atoms with Crippen molar-refractivity contribution >= 4 is 28.9 Å². The van der Waals surface area contributed by atoms with Crippen LogP contribution in [-0.2, 0) is 4.79 Å². The van der Waals surface area contributed by atoms with Gasteiger partial charge in [-0.1, -0.05) is 17.7 Å². The van der Waals surface area contributed by atoms with Crippen molar-refractivity contribution in [1.29, 1.82) is 0 Å². The minimum absolute atomic E-state index is 0.0658. The Bertz CT molecular complexity index is 567. The highest BCUT2D eigenvalue weighted by atomic mass is 35.5. The molecule has 1 aliphatic carbocycles. The van der Waals surface area contributed by atoms with E-state index in [9.17, 15) is 14.9 Å². The van der Waals surface area contributed by atoms with Crippen LogP contribution in [0.3, 0.4) is 0 Å². The van der Waals surface area contributed by atoms with E-state index < -0.39 is 4.92 Å². The first-order valence-electron chi connectivity index (χ1n) is 5.77. The number of benzene rings is 1. The Morgan fingerprint density at radius 2 is 2.21 bits per heavy atom. The van der Waals surface area contributed by atoms with Gasteiger partial charge in [0, 0.05) is 17.5 Å². The molecule has 1 amide bonds. The van der Waals surface area contributed by atoms with Crippen molar-refractivity contribution in [3.05, 3.63) is 38.9 Å². The number of hydrogen-bond donors (Lipinski definition) is 1. The van der Waals surface area contributed by atoms with Gasteiger partial charge in [-0.25, -0.2) is 5.43 Å². The van der Waals surface area contributed by atoms with Gasteiger partial charge in [0.2, 0.25) is 5.91 Å². The van der Waals surface area contributed by atoms with Crippen LogP contribution in [0.5, 0.6) is 0 Å². The minimum atomic E-state index is -0.554. The summed E-state index contributed by atoms with van der Waals surface area (Å²) in [7, 11) is 0. The summed E-state index contributed by atoms with van der Waals surface area (Å²) in [5, 5.41) is 14.8. The number of hydrogen-bond acceptors (Lipinski definition) is 4. The van der Waals surface area contributed by atoms with E-state index in [-0.39, 0.29) is 22.5 Å². The molecule has 7 heteroatoms. The van der Waals surface area contributed by atoms with E-state index in [4.69, 9.17) is 11.6 Å². The molecule has 0 radical (unpaired) electrons. The smallest absolute Gasteiger partial charge is 0.273 e. The molecule has 1 aliphatic rings. The van der Waals surface area contributed by atoms with E-state index >= 15 is 0 Å². The minimum Gasteiger partial charge on any atom is -0.273 e. The van der Waals surface area contributed by atoms with E-state index in [2.05, 4.69) is 10.5 Å². The molecule has 6 nitrogen and oxygen atoms in total. The fraction of sp³-hybridized carbons (Fsp3) is 0.333. The molecule has 1 aromatic rings. The van der Waals surface area contributed by atoms with Gasteiger partial charge in [0.05, 0.1) is 10.6 Å². The lowest BCUT2D eigenvalue weighted by molar-refractivity contribution is -0.384. The standard InChI is InChI=1S/C12H12ClN3O3/c1-7(14-15-12(17)8-2-3-8)9-4-5-10(13)11(6-9)16(18)19/h4-6,8H,2-3H2,1H3,(H,15,17)/b14-7-. The Kier molecular flexibility index (Phi) is 3.80. The molecule has 1 N–H and O–H groups in total. The van der Waals surface area contributed by atoms with Gasteiger partial charge in [-0.3, -0.25) is 14.9 Å². The molecule has 1 fully saturated rings. The topological polar surface area (TPSA) is 84.6 Å². The molecule has 19 heavy (non-hydrogen) atoms. The van der Waals surface area contributed by atoms with Crippen LogP contribution in [0.15, 0.2) is 23.3 Å². The van der Waals surface area contributed by atoms with E-state index in [0.717, 1.165) is 12.8 Å². The molecular formula is C12H12ClN3O3. The van der Waals surface area contributed by atoms with Crippen LogP contribution in [0, 0.1) is 16.0 Å². The van der Waals surface area contributed by atoms with E-state index in [1.54, 1.807) is 13.0 Å². The zero-order valence-electron chi connectivity index (χ0n) is 10.2. The molecule has 0 aromatic heterocycles. The average Bonchev–Trinajstić information content (AvgIpc) is 3.20. The molecule has 0 atom stereocenters. The average molecular weight is 282 g/mol. The number of carbonyl (C=O) groups excluding carboxylic acids is 1. The number of nitro benzene ring substituents is 1. The third-order valence-corrected chi connectivity index (χ3v) is 3.16. The van der Waals surface area contributed by atoms with Gasteiger partial charge >= 0.3 is 0 Å². The summed E-state index contributed by atoms with van der Waals surface area (Å²) >= 11 is 5.72. The lowest BCUT2D eigenvalue weighted by Crippen LogP contribution is -2.20. The Hall–Kier alpha value is -1.95. The summed E-state index contributed by atoms with van der Waals surface area (Å²) < 4.78 is 0. The third-order valence-electron chi connectivity index (χ3n) is 2.84. The zero-order valence-corrected chi connectivity index (χ0v) is 11.0. The quantitative estimate of drug-likeness (QED) is 0.523. The molecule has 0 unspecified atom stereocenters. The number of nitrogens with zero attached hydrogens (tertiary/aromatic N) is 2. The highest BCUT2D eigenvalue weighted by molar-refractivity contribution is 6.32. The second-order valence-electron chi connectivity index (χ2n) is 4.37. The zero-order chi connectivity index (χ0) is 14.0. The number of nitro groups is 1. The lowest BCUT2D eigenvalue weighted by Gasteiger charge is -2.03. The summed E-state index contributed by atoms with van der Waals surface area (Å²) in [5.74, 6) is -0.0427. The molecule has 0 spiro atoms. The Balaban J connectivity index is 2.15. The van der Waals surface area contributed by atoms with E-state index in [1.165, 1.54) is 12.1 Å². The van der Waals surface area contributed by atoms with Crippen LogP contribution in [-0.4, -0.2) is 16.5 Å². The van der Waals surface area contributed by atoms with Crippen LogP contribution >= 0.6 is 11.6 Å². The van der Waals surface area contributed by atoms with Gasteiger partial charge in [0.1, 0.15) is 5.02 Å². The maximum absolute atomic E-state index is 11.4. The molecule has 100 valence electrons. The number of halogens is 1. The van der Waals surface area contributed by atoms with E-state index in [0.29, 0.717) is 11.3 Å². The Labute approximate surface area is 114 Å². The summed E-state index contributed by atoms with van der Waals surface area (Å²) in [6.07, 6.45) is 1.79. The van der Waals surface area contributed by atoms with Crippen molar-refractivity contribution in [3.8, 4) is 0 Å². The van der Waals surface area contributed by atoms with Gasteiger partial charge in [-0.05, 0) is 25.8 Å². The van der Waals surface area contributed by atoms with Gasteiger partial charge in [-0.2, -0.15) is 5.10 Å². The predicted molar refractivity (Wildman–Crippen MR) is 71.2 cm³/mol. The predicted octanol–water partition coefficient (Wildman–Crippen LogP) is 2.50. The highest BCUT2D eigenvalue weighted by Gasteiger charge is 2.29. The molecule has 0 aliphatic heterocycles. The fourth-order valence-electron chi connectivity index (χ4n) is 1.52. The number of carbonyl (C=O) groups is 1. The maximum atomic E-state index is 11.4. The third kappa shape index (κ3) is 3.29. The van der Waals surface area contributed by atoms with Crippen molar-refractivity contribution < 1.29 is 9.72 Å². The Morgan fingerprint density at radius 3 is 2.79 bits per heavy atom. The Morgan fingerprint density at radius 1 is 1.53 bits per heavy atom. The van der Waals surface area contributed by atoms with Gasteiger partial charge in [0.15, 0.2) is 0 Å². The summed E-state index contributed by atoms with van der Waals surface area (Å²) in [6.45, 7) is 1.67. The van der Waals surface area contributed by atoms with Gasteiger partial charge in [-0.15, -0.1) is 0 Å². The van der Waals surface area contributed by atoms with Gasteiger partial charge in [0.25, 0.3) is 5.69 Å². The van der Waals surface area contributed by atoms with Crippen LogP contribution in [0.4, 0.5) is 5.69 Å². The number of rotatable bonds is 4. The molecule has 1 saturated carbocycles. The van der Waals surface area contributed by atoms with Gasteiger partial charge < -0.3 is 0 Å². The number of hydrazone groups is 1. The molecule has 2 rings (SSSR count). The first-order chi connectivity index (χ1) is 8.99. The summed E-state index contributed by atoms with van der Waals surface area (Å²) in [6, 6.07) is 4.40. The lowest BCUT2D eigenvalue weighted by atomic mass is 10.1. The normalized spacial score (nSPS) is 15.2. The SMILES string of the molecule is C/C(=N/NC(=O)C1CC1)c1ccc(Cl)c([N+](=O)[O-])c1. The van der Waals surface area contributed by atoms with Crippen LogP contribution < -0.4 is 5.43 Å². The number of nitrogens with one attached hydrogen (secondary N) is 1. The molecule has 0 bridgehead atoms. The summed E-state index contributed by atoms with van der Waals surface area (Å²) in [5.41, 5.74) is 3.32. The van der Waals surface area contributed by atoms with Crippen molar-refractivity contribution in [2.24, 2.45) is 11.0 Å². The molecule has 0 heterocycles. The molecular weight excluding hydrogens is 270 g/mol. The molecule has 1 aromatic carbocycles. The largest absolute Gasteiger partial charge is 0.288 e. The number of amides is 1. The fourth-order valence-corrected chi connectivity index (χ4v) is 1.70. The highest BCUT2D eigenvalue weighted by Crippen LogP contribution is 2.29. The monoisotopic (exact) mass is 281 g/mol. The maximum Gasteiger partial charge on any atom is 0.288 e. The van der Waals surface area contributed by atoms with Crippen LogP contribution in [0.2, 0.25) is 5.02 Å². The van der Waals surface area contributed by atoms with Crippen molar-refractivity contribution in [2.45, 2.75) is 19.8 Å². The van der Waals surface area contributed by atoms with Crippen LogP contribution in [0.1, 0.15) is 25.3 Å². The van der Waals surface area contributed by atoms with Crippen molar-refractivity contribution in [2.75, 3.05) is 0 Å². The van der Waals surface area contributed by atoms with E-state index in [1.807, 2.05) is 0 Å². The first kappa shape index (κ1) is 13.5. The van der Waals surface area contributed by atoms with Crippen LogP contribution in [0.25, 0.3) is 0 Å². The first-order valence-corrected chi connectivity index (χ1v) is 6.15. The van der Waals surface area contributed by atoms with Crippen molar-refractivity contribution in [3.63, 3.8) is 0 Å². The molecule has 0 saturated heterocycles. The second kappa shape index (κ2) is 5.36. The summed E-state index contributed by atoms with van der Waals surface area (Å²) in [4.78, 5) is 21.6.